The average Bonchev–Trinajstić information content (AvgIpc) is 3.37. The largest absolute Gasteiger partial charge is 0.454 e. The number of halogens is 1. The number of carbonyl (C=O) groups is 2. The van der Waals surface area contributed by atoms with E-state index in [1.807, 2.05) is 4.90 Å². The Morgan fingerprint density at radius 2 is 1.81 bits per heavy atom. The Kier molecular flexibility index (Phi) is 5.30. The highest BCUT2D eigenvalue weighted by Crippen LogP contribution is 2.37. The van der Waals surface area contributed by atoms with Gasteiger partial charge in [-0.1, -0.05) is 18.2 Å². The molecule has 0 radical (unpaired) electrons. The van der Waals surface area contributed by atoms with E-state index >= 15 is 0 Å². The van der Waals surface area contributed by atoms with Gasteiger partial charge < -0.3 is 19.5 Å². The number of ether oxygens (including phenoxy) is 2. The van der Waals surface area contributed by atoms with Gasteiger partial charge in [0.25, 0.3) is 11.8 Å². The standard InChI is InChI=1S/C24H23FN2O5/c25-18-6-4-17(5-7-18)21-22(26-9-1-2-16(11-26)13-28)24(30)27(23(21)29)12-15-3-8-19-20(10-15)32-14-31-19/h3-8,10,16,28H,1-2,9,11-14H2. The van der Waals surface area contributed by atoms with Crippen LogP contribution in [0.2, 0.25) is 0 Å². The van der Waals surface area contributed by atoms with Gasteiger partial charge in [-0.05, 0) is 54.2 Å². The Balaban J connectivity index is 1.50. The van der Waals surface area contributed by atoms with E-state index in [2.05, 4.69) is 0 Å². The van der Waals surface area contributed by atoms with E-state index < -0.39 is 11.7 Å². The second kappa shape index (κ2) is 8.27. The number of benzene rings is 2. The van der Waals surface area contributed by atoms with Crippen molar-refractivity contribution < 1.29 is 28.6 Å². The highest BCUT2D eigenvalue weighted by Gasteiger charge is 2.42. The molecule has 0 bridgehead atoms. The summed E-state index contributed by atoms with van der Waals surface area (Å²) < 4.78 is 24.3. The molecule has 3 heterocycles. The van der Waals surface area contributed by atoms with E-state index in [1.165, 1.54) is 29.2 Å². The molecule has 1 unspecified atom stereocenters. The lowest BCUT2D eigenvalue weighted by atomic mass is 9.97. The van der Waals surface area contributed by atoms with Crippen molar-refractivity contribution in [3.8, 4) is 11.5 Å². The smallest absolute Gasteiger partial charge is 0.278 e. The van der Waals surface area contributed by atoms with Crippen molar-refractivity contribution in [1.82, 2.24) is 9.80 Å². The third-order valence-electron chi connectivity index (χ3n) is 6.15. The van der Waals surface area contributed by atoms with E-state index in [-0.39, 0.29) is 37.3 Å². The zero-order valence-corrected chi connectivity index (χ0v) is 17.4. The summed E-state index contributed by atoms with van der Waals surface area (Å²) in [5.41, 5.74) is 1.83. The topological polar surface area (TPSA) is 79.3 Å². The lowest BCUT2D eigenvalue weighted by Crippen LogP contribution is -2.40. The fourth-order valence-electron chi connectivity index (χ4n) is 4.52. The predicted molar refractivity (Wildman–Crippen MR) is 113 cm³/mol. The van der Waals surface area contributed by atoms with Crippen molar-refractivity contribution in [1.29, 1.82) is 0 Å². The van der Waals surface area contributed by atoms with Gasteiger partial charge in [0.15, 0.2) is 11.5 Å². The number of imide groups is 1. The van der Waals surface area contributed by atoms with Crippen molar-refractivity contribution in [2.75, 3.05) is 26.5 Å². The first kappa shape index (κ1) is 20.5. The Labute approximate surface area is 184 Å². The molecule has 1 atom stereocenters. The quantitative estimate of drug-likeness (QED) is 0.723. The van der Waals surface area contributed by atoms with Crippen LogP contribution < -0.4 is 9.47 Å². The van der Waals surface area contributed by atoms with Crippen molar-refractivity contribution in [3.05, 3.63) is 65.1 Å². The number of piperidine rings is 1. The molecule has 3 aliphatic rings. The number of nitrogens with zero attached hydrogens (tertiary/aromatic N) is 2. The summed E-state index contributed by atoms with van der Waals surface area (Å²) in [6.45, 7) is 1.36. The van der Waals surface area contributed by atoms with Gasteiger partial charge in [-0.2, -0.15) is 0 Å². The lowest BCUT2D eigenvalue weighted by Gasteiger charge is -2.34. The van der Waals surface area contributed by atoms with E-state index in [0.29, 0.717) is 35.8 Å². The molecule has 1 fully saturated rings. The van der Waals surface area contributed by atoms with E-state index in [9.17, 15) is 19.1 Å². The number of hydrogen-bond acceptors (Lipinski definition) is 6. The van der Waals surface area contributed by atoms with Crippen molar-refractivity contribution in [2.45, 2.75) is 19.4 Å². The van der Waals surface area contributed by atoms with Gasteiger partial charge >= 0.3 is 0 Å². The molecule has 8 heteroatoms. The molecule has 166 valence electrons. The van der Waals surface area contributed by atoms with Gasteiger partial charge in [0, 0.05) is 19.7 Å². The molecular formula is C24H23FN2O5. The predicted octanol–water partition coefficient (Wildman–Crippen LogP) is 2.54. The Morgan fingerprint density at radius 1 is 1.03 bits per heavy atom. The molecule has 0 aromatic heterocycles. The number of carbonyl (C=O) groups excluding carboxylic acids is 2. The zero-order chi connectivity index (χ0) is 22.2. The van der Waals surface area contributed by atoms with Crippen LogP contribution in [0.1, 0.15) is 24.0 Å². The highest BCUT2D eigenvalue weighted by molar-refractivity contribution is 6.35. The monoisotopic (exact) mass is 438 g/mol. The van der Waals surface area contributed by atoms with Gasteiger partial charge in [-0.3, -0.25) is 14.5 Å². The number of likely N-dealkylation sites (tertiary alicyclic amines) is 1. The lowest BCUT2D eigenvalue weighted by molar-refractivity contribution is -0.138. The summed E-state index contributed by atoms with van der Waals surface area (Å²) in [7, 11) is 0. The maximum Gasteiger partial charge on any atom is 0.278 e. The van der Waals surface area contributed by atoms with Crippen LogP contribution >= 0.6 is 0 Å². The third kappa shape index (κ3) is 3.60. The van der Waals surface area contributed by atoms with Gasteiger partial charge in [0.2, 0.25) is 6.79 Å². The molecule has 3 aliphatic heterocycles. The average molecular weight is 438 g/mol. The number of fused-ring (bicyclic) bond motifs is 1. The first-order chi connectivity index (χ1) is 15.5. The third-order valence-corrected chi connectivity index (χ3v) is 6.15. The first-order valence-electron chi connectivity index (χ1n) is 10.7. The molecule has 0 spiro atoms. The zero-order valence-electron chi connectivity index (χ0n) is 17.4. The maximum absolute atomic E-state index is 13.5. The number of hydrogen-bond donors (Lipinski definition) is 1. The molecule has 2 aromatic rings. The van der Waals surface area contributed by atoms with Crippen LogP contribution in [0.5, 0.6) is 11.5 Å². The summed E-state index contributed by atoms with van der Waals surface area (Å²) in [4.78, 5) is 30.1. The number of amides is 2. The van der Waals surface area contributed by atoms with Crippen LogP contribution in [0.25, 0.3) is 5.57 Å². The van der Waals surface area contributed by atoms with Crippen LogP contribution in [0.4, 0.5) is 4.39 Å². The molecule has 0 aliphatic carbocycles. The molecule has 1 N–H and O–H groups in total. The number of aliphatic hydroxyl groups excluding tert-OH is 1. The molecular weight excluding hydrogens is 415 g/mol. The van der Waals surface area contributed by atoms with Crippen LogP contribution in [0.3, 0.4) is 0 Å². The van der Waals surface area contributed by atoms with Crippen molar-refractivity contribution in [3.63, 3.8) is 0 Å². The van der Waals surface area contributed by atoms with Gasteiger partial charge in [0.1, 0.15) is 11.5 Å². The SMILES string of the molecule is O=C1C(c2ccc(F)cc2)=C(N2CCCC(CO)C2)C(=O)N1Cc1ccc2c(c1)OCO2. The molecule has 7 nitrogen and oxygen atoms in total. The summed E-state index contributed by atoms with van der Waals surface area (Å²) in [5.74, 6) is 0.0306. The van der Waals surface area contributed by atoms with Crippen LogP contribution in [0, 0.1) is 11.7 Å². The van der Waals surface area contributed by atoms with Gasteiger partial charge in [-0.25, -0.2) is 4.39 Å². The summed E-state index contributed by atoms with van der Waals surface area (Å²) in [6.07, 6.45) is 1.68. The molecule has 2 aromatic carbocycles. The minimum atomic E-state index is -0.416. The summed E-state index contributed by atoms with van der Waals surface area (Å²) in [6, 6.07) is 10.9. The normalized spacial score (nSPS) is 20.5. The fraction of sp³-hybridized carbons (Fsp3) is 0.333. The van der Waals surface area contributed by atoms with E-state index in [4.69, 9.17) is 9.47 Å². The second-order valence-electron chi connectivity index (χ2n) is 8.25. The van der Waals surface area contributed by atoms with Crippen molar-refractivity contribution in [2.24, 2.45) is 5.92 Å². The van der Waals surface area contributed by atoms with Gasteiger partial charge in [0.05, 0.1) is 12.1 Å². The van der Waals surface area contributed by atoms with E-state index in [1.54, 1.807) is 18.2 Å². The van der Waals surface area contributed by atoms with Crippen LogP contribution in [-0.4, -0.2) is 53.2 Å². The first-order valence-corrected chi connectivity index (χ1v) is 10.7. The minimum Gasteiger partial charge on any atom is -0.454 e. The number of aliphatic hydroxyl groups is 1. The molecule has 0 saturated carbocycles. The molecule has 32 heavy (non-hydrogen) atoms. The van der Waals surface area contributed by atoms with Crippen molar-refractivity contribution >= 4 is 17.4 Å². The number of rotatable bonds is 5. The molecule has 5 rings (SSSR count). The van der Waals surface area contributed by atoms with Crippen LogP contribution in [-0.2, 0) is 16.1 Å². The summed E-state index contributed by atoms with van der Waals surface area (Å²) >= 11 is 0. The minimum absolute atomic E-state index is 0.0265. The fourth-order valence-corrected chi connectivity index (χ4v) is 4.52. The molecule has 1 saturated heterocycles. The van der Waals surface area contributed by atoms with Gasteiger partial charge in [-0.15, -0.1) is 0 Å². The van der Waals surface area contributed by atoms with Crippen LogP contribution in [0.15, 0.2) is 48.2 Å². The Hall–Kier alpha value is -3.39. The van der Waals surface area contributed by atoms with E-state index in [0.717, 1.165) is 18.4 Å². The maximum atomic E-state index is 13.5. The molecule has 2 amide bonds. The highest BCUT2D eigenvalue weighted by atomic mass is 19.1. The summed E-state index contributed by atoms with van der Waals surface area (Å²) in [5, 5.41) is 9.64. The second-order valence-corrected chi connectivity index (χ2v) is 8.25. The Morgan fingerprint density at radius 3 is 2.59 bits per heavy atom. The Bertz CT molecular complexity index is 1100.